The molecule has 0 saturated carbocycles. The molecule has 0 spiro atoms. The number of pyridine rings is 1. The van der Waals surface area contributed by atoms with E-state index in [1.54, 1.807) is 60.4 Å². The van der Waals surface area contributed by atoms with Crippen molar-refractivity contribution in [1.82, 2.24) is 24.7 Å². The third-order valence-electron chi connectivity index (χ3n) is 4.01. The maximum Gasteiger partial charge on any atom is 0.257 e. The Bertz CT molecular complexity index is 1180. The van der Waals surface area contributed by atoms with Crippen LogP contribution in [0.2, 0.25) is 0 Å². The number of rotatable bonds is 4. The van der Waals surface area contributed by atoms with E-state index in [4.69, 9.17) is 0 Å². The fourth-order valence-electron chi connectivity index (χ4n) is 2.72. The molecule has 3 heterocycles. The van der Waals surface area contributed by atoms with Crippen molar-refractivity contribution in [2.75, 3.05) is 5.32 Å². The summed E-state index contributed by atoms with van der Waals surface area (Å²) < 4.78 is 1.61. The van der Waals surface area contributed by atoms with E-state index in [-0.39, 0.29) is 11.5 Å². The number of hydrogen-bond donors (Lipinski definition) is 2. The Labute approximate surface area is 159 Å². The van der Waals surface area contributed by atoms with Gasteiger partial charge in [-0.25, -0.2) is 14.6 Å². The molecule has 3 aromatic heterocycles. The van der Waals surface area contributed by atoms with Gasteiger partial charge in [0.05, 0.1) is 5.56 Å². The normalized spacial score (nSPS) is 10.6. The average Bonchev–Trinajstić information content (AvgIpc) is 3.22. The van der Waals surface area contributed by atoms with Crippen LogP contribution in [0.3, 0.4) is 0 Å². The molecule has 1 aromatic carbocycles. The maximum absolute atomic E-state index is 12.5. The van der Waals surface area contributed by atoms with Crippen molar-refractivity contribution in [3.63, 3.8) is 0 Å². The lowest BCUT2D eigenvalue weighted by atomic mass is 10.1. The number of carbonyl (C=O) groups excluding carboxylic acids is 1. The van der Waals surface area contributed by atoms with Crippen LogP contribution in [0.5, 0.6) is 0 Å². The van der Waals surface area contributed by atoms with E-state index in [0.717, 1.165) is 0 Å². The first-order valence-electron chi connectivity index (χ1n) is 8.54. The zero-order valence-electron chi connectivity index (χ0n) is 15.0. The summed E-state index contributed by atoms with van der Waals surface area (Å²) in [6.07, 6.45) is 4.93. The summed E-state index contributed by atoms with van der Waals surface area (Å²) >= 11 is 0. The Morgan fingerprint density at radius 2 is 2.04 bits per heavy atom. The first-order chi connectivity index (χ1) is 13.6. The highest BCUT2D eigenvalue weighted by Crippen LogP contribution is 2.19. The SMILES string of the molecule is Cc1cc(=O)[nH]c(-c2cccc(NC(=O)c3ccc(-n4cccn4)nc3)c2)n1. The molecular formula is C20H16N6O2. The molecule has 0 saturated heterocycles. The third kappa shape index (κ3) is 3.70. The van der Waals surface area contributed by atoms with Crippen LogP contribution >= 0.6 is 0 Å². The van der Waals surface area contributed by atoms with E-state index in [0.29, 0.717) is 34.2 Å². The fourth-order valence-corrected chi connectivity index (χ4v) is 2.72. The monoisotopic (exact) mass is 372 g/mol. The molecule has 28 heavy (non-hydrogen) atoms. The highest BCUT2D eigenvalue weighted by Gasteiger charge is 2.09. The zero-order valence-corrected chi connectivity index (χ0v) is 15.0. The zero-order chi connectivity index (χ0) is 19.5. The van der Waals surface area contributed by atoms with Crippen molar-refractivity contribution >= 4 is 11.6 Å². The van der Waals surface area contributed by atoms with Crippen molar-refractivity contribution < 1.29 is 4.79 Å². The number of H-pyrrole nitrogens is 1. The van der Waals surface area contributed by atoms with E-state index in [1.165, 1.54) is 12.3 Å². The maximum atomic E-state index is 12.5. The first-order valence-corrected chi connectivity index (χ1v) is 8.54. The van der Waals surface area contributed by atoms with Crippen molar-refractivity contribution in [1.29, 1.82) is 0 Å². The molecule has 8 nitrogen and oxygen atoms in total. The van der Waals surface area contributed by atoms with E-state index >= 15 is 0 Å². The quantitative estimate of drug-likeness (QED) is 0.573. The van der Waals surface area contributed by atoms with Gasteiger partial charge in [-0.05, 0) is 37.3 Å². The molecule has 8 heteroatoms. The molecule has 0 unspecified atom stereocenters. The molecular weight excluding hydrogens is 356 g/mol. The molecule has 2 N–H and O–H groups in total. The molecule has 0 bridgehead atoms. The Balaban J connectivity index is 1.54. The average molecular weight is 372 g/mol. The highest BCUT2D eigenvalue weighted by molar-refractivity contribution is 6.04. The Hall–Kier alpha value is -4.07. The van der Waals surface area contributed by atoms with Gasteiger partial charge in [0.2, 0.25) is 0 Å². The van der Waals surface area contributed by atoms with Gasteiger partial charge in [-0.3, -0.25) is 9.59 Å². The number of benzene rings is 1. The molecule has 0 aliphatic heterocycles. The number of aromatic amines is 1. The van der Waals surface area contributed by atoms with Gasteiger partial charge < -0.3 is 10.3 Å². The smallest absolute Gasteiger partial charge is 0.257 e. The van der Waals surface area contributed by atoms with Crippen LogP contribution in [0.15, 0.2) is 71.9 Å². The van der Waals surface area contributed by atoms with Crippen LogP contribution in [0.4, 0.5) is 5.69 Å². The molecule has 0 radical (unpaired) electrons. The standard InChI is InChI=1S/C20H16N6O2/c1-13-10-18(27)25-19(23-13)14-4-2-5-16(11-14)24-20(28)15-6-7-17(21-12-15)26-9-3-8-22-26/h2-12H,1H3,(H,24,28)(H,23,25,27). The van der Waals surface area contributed by atoms with Crippen LogP contribution in [0.1, 0.15) is 16.1 Å². The lowest BCUT2D eigenvalue weighted by Gasteiger charge is -2.08. The minimum Gasteiger partial charge on any atom is -0.322 e. The second-order valence-corrected chi connectivity index (χ2v) is 6.13. The van der Waals surface area contributed by atoms with Crippen molar-refractivity contribution in [3.8, 4) is 17.2 Å². The third-order valence-corrected chi connectivity index (χ3v) is 4.01. The predicted octanol–water partition coefficient (Wildman–Crippen LogP) is 2.58. The number of amides is 1. The lowest BCUT2D eigenvalue weighted by molar-refractivity contribution is 0.102. The van der Waals surface area contributed by atoms with E-state index in [2.05, 4.69) is 25.4 Å². The highest BCUT2D eigenvalue weighted by atomic mass is 16.1. The Morgan fingerprint density at radius 3 is 2.75 bits per heavy atom. The van der Waals surface area contributed by atoms with Gasteiger partial charge in [-0.2, -0.15) is 5.10 Å². The van der Waals surface area contributed by atoms with Gasteiger partial charge in [0, 0.05) is 41.6 Å². The number of carbonyl (C=O) groups is 1. The second kappa shape index (κ2) is 7.28. The minimum atomic E-state index is -0.289. The summed E-state index contributed by atoms with van der Waals surface area (Å²) in [6.45, 7) is 1.75. The van der Waals surface area contributed by atoms with Gasteiger partial charge in [-0.15, -0.1) is 0 Å². The minimum absolute atomic E-state index is 0.222. The number of nitrogens with one attached hydrogen (secondary N) is 2. The predicted molar refractivity (Wildman–Crippen MR) is 104 cm³/mol. The summed E-state index contributed by atoms with van der Waals surface area (Å²) in [5.74, 6) is 0.784. The van der Waals surface area contributed by atoms with E-state index in [1.807, 2.05) is 6.07 Å². The van der Waals surface area contributed by atoms with Gasteiger partial charge in [0.1, 0.15) is 5.82 Å². The van der Waals surface area contributed by atoms with Crippen LogP contribution in [0, 0.1) is 6.92 Å². The van der Waals surface area contributed by atoms with Crippen molar-refractivity contribution in [2.45, 2.75) is 6.92 Å². The Kier molecular flexibility index (Phi) is 4.51. The van der Waals surface area contributed by atoms with Gasteiger partial charge >= 0.3 is 0 Å². The van der Waals surface area contributed by atoms with Gasteiger partial charge in [0.15, 0.2) is 5.82 Å². The van der Waals surface area contributed by atoms with Crippen LogP contribution in [0.25, 0.3) is 17.2 Å². The molecule has 0 fully saturated rings. The van der Waals surface area contributed by atoms with Gasteiger partial charge in [0.25, 0.3) is 11.5 Å². The van der Waals surface area contributed by atoms with Crippen LogP contribution in [-0.4, -0.2) is 30.6 Å². The molecule has 4 rings (SSSR count). The largest absolute Gasteiger partial charge is 0.322 e. The lowest BCUT2D eigenvalue weighted by Crippen LogP contribution is -2.13. The van der Waals surface area contributed by atoms with E-state index < -0.39 is 0 Å². The van der Waals surface area contributed by atoms with Gasteiger partial charge in [-0.1, -0.05) is 12.1 Å². The van der Waals surface area contributed by atoms with Crippen molar-refractivity contribution in [2.24, 2.45) is 0 Å². The molecule has 0 aliphatic rings. The fraction of sp³-hybridized carbons (Fsp3) is 0.0500. The molecule has 1 amide bonds. The summed E-state index contributed by atoms with van der Waals surface area (Å²) in [5, 5.41) is 6.93. The number of aryl methyl sites for hydroxylation is 1. The summed E-state index contributed by atoms with van der Waals surface area (Å²) in [5.41, 5.74) is 2.11. The summed E-state index contributed by atoms with van der Waals surface area (Å²) in [7, 11) is 0. The number of hydrogen-bond acceptors (Lipinski definition) is 5. The molecule has 138 valence electrons. The topological polar surface area (TPSA) is 106 Å². The summed E-state index contributed by atoms with van der Waals surface area (Å²) in [6, 6.07) is 13.7. The van der Waals surface area contributed by atoms with Crippen LogP contribution < -0.4 is 10.9 Å². The number of anilines is 1. The van der Waals surface area contributed by atoms with Crippen molar-refractivity contribution in [3.05, 3.63) is 88.7 Å². The first kappa shape index (κ1) is 17.3. The van der Waals surface area contributed by atoms with Crippen LogP contribution in [-0.2, 0) is 0 Å². The molecule has 0 aliphatic carbocycles. The molecule has 4 aromatic rings. The van der Waals surface area contributed by atoms with E-state index in [9.17, 15) is 9.59 Å². The number of aromatic nitrogens is 5. The second-order valence-electron chi connectivity index (χ2n) is 6.13. The molecule has 0 atom stereocenters. The summed E-state index contributed by atoms with van der Waals surface area (Å²) in [4.78, 5) is 35.5. The number of nitrogens with zero attached hydrogens (tertiary/aromatic N) is 4. The Morgan fingerprint density at radius 1 is 1.14 bits per heavy atom.